The quantitative estimate of drug-likeness (QED) is 0.483. The van der Waals surface area contributed by atoms with Crippen molar-refractivity contribution in [3.63, 3.8) is 0 Å². The summed E-state index contributed by atoms with van der Waals surface area (Å²) in [5, 5.41) is 11.9. The largest absolute Gasteiger partial charge is 0.494 e. The summed E-state index contributed by atoms with van der Waals surface area (Å²) in [7, 11) is 1.45. The van der Waals surface area contributed by atoms with Gasteiger partial charge in [0.2, 0.25) is 5.91 Å². The number of rotatable bonds is 5. The van der Waals surface area contributed by atoms with E-state index in [1.54, 1.807) is 17.9 Å². The molecule has 0 spiro atoms. The molecule has 170 valence electrons. The van der Waals surface area contributed by atoms with Crippen molar-refractivity contribution in [3.8, 4) is 5.75 Å². The topological polar surface area (TPSA) is 78.5 Å². The summed E-state index contributed by atoms with van der Waals surface area (Å²) in [5.41, 5.74) is 5.59. The van der Waals surface area contributed by atoms with Gasteiger partial charge in [-0.1, -0.05) is 24.3 Å². The molecule has 0 aliphatic carbocycles. The number of aromatic amines is 1. The van der Waals surface area contributed by atoms with Crippen molar-refractivity contribution in [2.75, 3.05) is 13.7 Å². The predicted molar refractivity (Wildman–Crippen MR) is 125 cm³/mol. The van der Waals surface area contributed by atoms with E-state index in [1.165, 1.54) is 13.2 Å². The number of carbonyl (C=O) groups is 1. The Hall–Kier alpha value is -3.45. The summed E-state index contributed by atoms with van der Waals surface area (Å²) in [6.07, 6.45) is 0.564. The fourth-order valence-corrected chi connectivity index (χ4v) is 4.74. The predicted octanol–water partition coefficient (Wildman–Crippen LogP) is 4.11. The molecule has 0 radical (unpaired) electrons. The van der Waals surface area contributed by atoms with E-state index in [-0.39, 0.29) is 18.1 Å². The Kier molecular flexibility index (Phi) is 5.50. The van der Waals surface area contributed by atoms with E-state index in [9.17, 15) is 14.3 Å². The van der Waals surface area contributed by atoms with Gasteiger partial charge in [-0.3, -0.25) is 9.78 Å². The molecule has 1 aliphatic heterocycles. The fraction of sp³-hybridized carbons (Fsp3) is 0.308. The number of methoxy groups -OCH3 is 1. The number of para-hydroxylation sites is 1. The highest BCUT2D eigenvalue weighted by molar-refractivity contribution is 6.10. The van der Waals surface area contributed by atoms with Crippen LogP contribution in [-0.4, -0.2) is 45.6 Å². The van der Waals surface area contributed by atoms with Crippen LogP contribution in [0.4, 0.5) is 4.39 Å². The molecule has 2 N–H and O–H groups in total. The molecule has 1 atom stereocenters. The monoisotopic (exact) mass is 447 g/mol. The molecule has 33 heavy (non-hydrogen) atoms. The maximum absolute atomic E-state index is 14.3. The van der Waals surface area contributed by atoms with Crippen molar-refractivity contribution in [1.82, 2.24) is 14.9 Å². The molecule has 0 fully saturated rings. The van der Waals surface area contributed by atoms with Crippen molar-refractivity contribution in [1.29, 1.82) is 0 Å². The maximum atomic E-state index is 14.3. The van der Waals surface area contributed by atoms with Crippen LogP contribution in [0.3, 0.4) is 0 Å². The normalized spacial score (nSPS) is 14.5. The number of hydrogen-bond acceptors (Lipinski definition) is 4. The minimum absolute atomic E-state index is 0.0738. The molecule has 6 nitrogen and oxygen atoms in total. The molecule has 3 heterocycles. The standard InChI is InChI=1S/C26H26FN3O3/c1-15(31)11-24(32)30-10-9-18-22(14-30)28-21(13-16-7-8-23(33-2)19(27)12-16)26-25(18)17-5-3-4-6-20(17)29-26/h3-8,12,15,29,31H,9-11,13-14H2,1-2H3. The summed E-state index contributed by atoms with van der Waals surface area (Å²) in [6, 6.07) is 13.1. The number of hydrogen-bond donors (Lipinski definition) is 2. The second kappa shape index (κ2) is 8.48. The highest BCUT2D eigenvalue weighted by Gasteiger charge is 2.27. The number of pyridine rings is 1. The van der Waals surface area contributed by atoms with Gasteiger partial charge in [0.15, 0.2) is 11.6 Å². The van der Waals surface area contributed by atoms with Crippen LogP contribution in [0.15, 0.2) is 42.5 Å². The number of aromatic nitrogens is 2. The second-order valence-corrected chi connectivity index (χ2v) is 8.67. The number of carbonyl (C=O) groups excluding carboxylic acids is 1. The van der Waals surface area contributed by atoms with E-state index in [0.29, 0.717) is 25.9 Å². The number of H-pyrrole nitrogens is 1. The molecule has 0 bridgehead atoms. The van der Waals surface area contributed by atoms with Crippen LogP contribution < -0.4 is 4.74 Å². The molecule has 4 aromatic rings. The van der Waals surface area contributed by atoms with Crippen molar-refractivity contribution < 1.29 is 19.0 Å². The molecule has 5 rings (SSSR count). The van der Waals surface area contributed by atoms with E-state index in [1.807, 2.05) is 24.3 Å². The molecule has 2 aromatic heterocycles. The van der Waals surface area contributed by atoms with Crippen LogP contribution in [0, 0.1) is 5.82 Å². The summed E-state index contributed by atoms with van der Waals surface area (Å²) in [5.74, 6) is -0.272. The van der Waals surface area contributed by atoms with Gasteiger partial charge in [0.05, 0.1) is 43.1 Å². The molecule has 0 saturated carbocycles. The maximum Gasteiger partial charge on any atom is 0.225 e. The Morgan fingerprint density at radius 1 is 1.30 bits per heavy atom. The third-order valence-electron chi connectivity index (χ3n) is 6.30. The van der Waals surface area contributed by atoms with Crippen LogP contribution in [0.1, 0.15) is 35.9 Å². The summed E-state index contributed by atoms with van der Waals surface area (Å²) in [4.78, 5) is 22.9. The molecule has 1 unspecified atom stereocenters. The zero-order valence-corrected chi connectivity index (χ0v) is 18.7. The number of ether oxygens (including phenoxy) is 1. The zero-order valence-electron chi connectivity index (χ0n) is 18.7. The third kappa shape index (κ3) is 3.93. The van der Waals surface area contributed by atoms with Crippen LogP contribution in [0.5, 0.6) is 5.75 Å². The molecular weight excluding hydrogens is 421 g/mol. The Morgan fingerprint density at radius 3 is 2.88 bits per heavy atom. The van der Waals surface area contributed by atoms with Crippen molar-refractivity contribution in [2.45, 2.75) is 38.8 Å². The van der Waals surface area contributed by atoms with Gasteiger partial charge in [-0.05, 0) is 42.7 Å². The first kappa shape index (κ1) is 21.4. The zero-order chi connectivity index (χ0) is 23.1. The number of halogens is 1. The van der Waals surface area contributed by atoms with Gasteiger partial charge in [0, 0.05) is 29.3 Å². The number of nitrogens with zero attached hydrogens (tertiary/aromatic N) is 2. The molecule has 0 saturated heterocycles. The number of fused-ring (bicyclic) bond motifs is 5. The number of nitrogens with one attached hydrogen (secondary N) is 1. The highest BCUT2D eigenvalue weighted by atomic mass is 19.1. The van der Waals surface area contributed by atoms with Crippen LogP contribution >= 0.6 is 0 Å². The van der Waals surface area contributed by atoms with Gasteiger partial charge in [-0.25, -0.2) is 4.39 Å². The second-order valence-electron chi connectivity index (χ2n) is 8.67. The van der Waals surface area contributed by atoms with Gasteiger partial charge >= 0.3 is 0 Å². The van der Waals surface area contributed by atoms with Crippen LogP contribution in [0.25, 0.3) is 21.8 Å². The molecule has 1 amide bonds. The highest BCUT2D eigenvalue weighted by Crippen LogP contribution is 2.35. The van der Waals surface area contributed by atoms with Crippen LogP contribution in [-0.2, 0) is 24.2 Å². The van der Waals surface area contributed by atoms with Crippen LogP contribution in [0.2, 0.25) is 0 Å². The van der Waals surface area contributed by atoms with E-state index in [2.05, 4.69) is 11.1 Å². The molecule has 2 aromatic carbocycles. The Labute approximate surface area is 191 Å². The minimum atomic E-state index is -0.677. The summed E-state index contributed by atoms with van der Waals surface area (Å²) < 4.78 is 19.4. The number of aliphatic hydroxyl groups excluding tert-OH is 1. The lowest BCUT2D eigenvalue weighted by Crippen LogP contribution is -2.38. The van der Waals surface area contributed by atoms with Crippen molar-refractivity contribution in [2.24, 2.45) is 0 Å². The number of benzene rings is 2. The van der Waals surface area contributed by atoms with Gasteiger partial charge in [0.25, 0.3) is 0 Å². The van der Waals surface area contributed by atoms with E-state index >= 15 is 0 Å². The first-order valence-corrected chi connectivity index (χ1v) is 11.1. The SMILES string of the molecule is COc1ccc(Cc2nc3c(c4c2[nH]c2ccccc24)CCN(C(=O)CC(C)O)C3)cc1F. The Morgan fingerprint density at radius 2 is 2.12 bits per heavy atom. The van der Waals surface area contributed by atoms with Gasteiger partial charge < -0.3 is 19.7 Å². The molecular formula is C26H26FN3O3. The van der Waals surface area contributed by atoms with E-state index in [0.717, 1.165) is 44.3 Å². The molecule has 7 heteroatoms. The number of aliphatic hydroxyl groups is 1. The lowest BCUT2D eigenvalue weighted by Gasteiger charge is -2.29. The van der Waals surface area contributed by atoms with E-state index in [4.69, 9.17) is 9.72 Å². The van der Waals surface area contributed by atoms with Gasteiger partial charge in [-0.15, -0.1) is 0 Å². The first-order valence-electron chi connectivity index (χ1n) is 11.1. The smallest absolute Gasteiger partial charge is 0.225 e. The lowest BCUT2D eigenvalue weighted by atomic mass is 9.96. The molecule has 1 aliphatic rings. The summed E-state index contributed by atoms with van der Waals surface area (Å²) >= 11 is 0. The van der Waals surface area contributed by atoms with Crippen molar-refractivity contribution >= 4 is 27.7 Å². The third-order valence-corrected chi connectivity index (χ3v) is 6.30. The van der Waals surface area contributed by atoms with Gasteiger partial charge in [-0.2, -0.15) is 0 Å². The Bertz CT molecular complexity index is 1360. The van der Waals surface area contributed by atoms with Crippen molar-refractivity contribution in [3.05, 3.63) is 70.8 Å². The first-order chi connectivity index (χ1) is 15.9. The Balaban J connectivity index is 1.62. The van der Waals surface area contributed by atoms with E-state index < -0.39 is 11.9 Å². The summed E-state index contributed by atoms with van der Waals surface area (Å²) in [6.45, 7) is 2.62. The average Bonchev–Trinajstić information content (AvgIpc) is 3.19. The van der Waals surface area contributed by atoms with Gasteiger partial charge in [0.1, 0.15) is 0 Å². The fourth-order valence-electron chi connectivity index (χ4n) is 4.74. The number of amides is 1. The minimum Gasteiger partial charge on any atom is -0.494 e. The average molecular weight is 448 g/mol. The lowest BCUT2D eigenvalue weighted by molar-refractivity contribution is -0.134.